The molecule has 1 saturated heterocycles. The summed E-state index contributed by atoms with van der Waals surface area (Å²) in [6.07, 6.45) is -1.57. The Kier molecular flexibility index (Phi) is 6.35. The summed E-state index contributed by atoms with van der Waals surface area (Å²) in [6, 6.07) is 0.621. The van der Waals surface area contributed by atoms with E-state index in [1.54, 1.807) is 20.2 Å². The standard InChI is InChI=1S/C27H26ClF3N4O2S2/c1-4-20(36)35-14(2)8-33(9-15(35)3)24-16-7-18(27(29,30)31)21(17-10-38-11-19(17)28)23-22(16)34(25(37)32-24)12-26(5-6-26)13-39-23/h4,7,10-11,14-15H,1,5-6,8-9,12-13H2,2-3H3/t14-,15+. The van der Waals surface area contributed by atoms with Crippen LogP contribution in [0.5, 0.6) is 0 Å². The number of halogens is 4. The maximum absolute atomic E-state index is 14.8. The second-order valence-corrected chi connectivity index (χ2v) is 12.9. The first-order valence-electron chi connectivity index (χ1n) is 12.7. The number of benzene rings is 1. The van der Waals surface area contributed by atoms with E-state index in [1.165, 1.54) is 29.2 Å². The minimum atomic E-state index is -4.66. The zero-order valence-electron chi connectivity index (χ0n) is 21.3. The van der Waals surface area contributed by atoms with Gasteiger partial charge < -0.3 is 9.80 Å². The van der Waals surface area contributed by atoms with Crippen molar-refractivity contribution in [2.24, 2.45) is 5.41 Å². The lowest BCUT2D eigenvalue weighted by Crippen LogP contribution is -2.58. The lowest BCUT2D eigenvalue weighted by molar-refractivity contribution is -0.137. The van der Waals surface area contributed by atoms with Crippen LogP contribution in [0.15, 0.2) is 39.2 Å². The molecule has 6 nitrogen and oxygen atoms in total. The second-order valence-electron chi connectivity index (χ2n) is 10.8. The summed E-state index contributed by atoms with van der Waals surface area (Å²) in [5, 5.41) is 3.80. The molecule has 0 radical (unpaired) electrons. The number of hydrogen-bond donors (Lipinski definition) is 0. The molecule has 1 amide bonds. The van der Waals surface area contributed by atoms with E-state index in [0.717, 1.165) is 18.9 Å². The molecule has 0 bridgehead atoms. The monoisotopic (exact) mass is 594 g/mol. The van der Waals surface area contributed by atoms with Gasteiger partial charge in [0.2, 0.25) is 5.91 Å². The Labute approximate surface area is 236 Å². The van der Waals surface area contributed by atoms with Crippen molar-refractivity contribution in [3.63, 3.8) is 0 Å². The molecule has 3 aliphatic rings. The largest absolute Gasteiger partial charge is 0.417 e. The Morgan fingerprint density at radius 2 is 1.92 bits per heavy atom. The normalized spacial score (nSPS) is 22.3. The van der Waals surface area contributed by atoms with Gasteiger partial charge in [-0.05, 0) is 44.2 Å². The van der Waals surface area contributed by atoms with Gasteiger partial charge in [0, 0.05) is 69.6 Å². The van der Waals surface area contributed by atoms with Crippen LogP contribution in [0.25, 0.3) is 22.0 Å². The molecule has 2 aliphatic heterocycles. The third-order valence-corrected chi connectivity index (χ3v) is 10.6. The van der Waals surface area contributed by atoms with Crippen molar-refractivity contribution in [3.05, 3.63) is 50.6 Å². The minimum Gasteiger partial charge on any atom is -0.352 e. The highest BCUT2D eigenvalue weighted by molar-refractivity contribution is 7.99. The first-order chi connectivity index (χ1) is 18.4. The number of thiophene rings is 1. The lowest BCUT2D eigenvalue weighted by Gasteiger charge is -2.44. The van der Waals surface area contributed by atoms with E-state index in [2.05, 4.69) is 11.6 Å². The Morgan fingerprint density at radius 1 is 1.23 bits per heavy atom. The molecule has 1 saturated carbocycles. The summed E-state index contributed by atoms with van der Waals surface area (Å²) >= 11 is 9.04. The fourth-order valence-corrected chi connectivity index (χ4v) is 8.61. The number of hydrogen-bond acceptors (Lipinski definition) is 6. The molecule has 206 valence electrons. The molecule has 1 aliphatic carbocycles. The average Bonchev–Trinajstić information content (AvgIpc) is 3.55. The Bertz CT molecular complexity index is 1570. The van der Waals surface area contributed by atoms with E-state index < -0.39 is 17.4 Å². The first kappa shape index (κ1) is 26.7. The molecule has 4 heterocycles. The van der Waals surface area contributed by atoms with Crippen LogP contribution in [0.2, 0.25) is 5.02 Å². The Hall–Kier alpha value is -2.50. The van der Waals surface area contributed by atoms with Crippen molar-refractivity contribution >= 4 is 57.3 Å². The van der Waals surface area contributed by atoms with Gasteiger partial charge in [-0.2, -0.15) is 29.5 Å². The SMILES string of the molecule is C=CC(=O)N1[C@H](C)CN(c2nc(=O)n3c4c(c(-c5cscc5Cl)c(C(F)(F)F)cc24)SCC2(CC2)C3)C[C@@H]1C. The van der Waals surface area contributed by atoms with E-state index in [9.17, 15) is 22.8 Å². The van der Waals surface area contributed by atoms with Crippen molar-refractivity contribution in [2.45, 2.75) is 56.4 Å². The summed E-state index contributed by atoms with van der Waals surface area (Å²) < 4.78 is 45.8. The molecule has 12 heteroatoms. The molecule has 3 aromatic rings. The maximum atomic E-state index is 14.8. The van der Waals surface area contributed by atoms with Gasteiger partial charge in [0.05, 0.1) is 16.1 Å². The van der Waals surface area contributed by atoms with Crippen molar-refractivity contribution in [1.82, 2.24) is 14.5 Å². The molecule has 0 N–H and O–H groups in total. The zero-order valence-corrected chi connectivity index (χ0v) is 23.7. The second kappa shape index (κ2) is 9.27. The van der Waals surface area contributed by atoms with E-state index in [4.69, 9.17) is 11.6 Å². The topological polar surface area (TPSA) is 58.4 Å². The Balaban J connectivity index is 1.63. The fraction of sp³-hybridized carbons (Fsp3) is 0.444. The van der Waals surface area contributed by atoms with Gasteiger partial charge in [0.1, 0.15) is 5.82 Å². The van der Waals surface area contributed by atoms with Crippen LogP contribution < -0.4 is 10.6 Å². The van der Waals surface area contributed by atoms with Gasteiger partial charge in [-0.15, -0.1) is 11.8 Å². The quantitative estimate of drug-likeness (QED) is 0.333. The number of aromatic nitrogens is 2. The van der Waals surface area contributed by atoms with Crippen LogP contribution in [0.1, 0.15) is 32.3 Å². The molecule has 6 rings (SSSR count). The number of anilines is 1. The molecule has 2 aromatic heterocycles. The molecular formula is C27H26ClF3N4O2S2. The highest BCUT2D eigenvalue weighted by atomic mass is 35.5. The fourth-order valence-electron chi connectivity index (χ4n) is 5.99. The van der Waals surface area contributed by atoms with Crippen LogP contribution in [0, 0.1) is 5.41 Å². The summed E-state index contributed by atoms with van der Waals surface area (Å²) in [5.74, 6) is 0.627. The van der Waals surface area contributed by atoms with Gasteiger partial charge in [-0.3, -0.25) is 9.36 Å². The first-order valence-corrected chi connectivity index (χ1v) is 15.0. The number of carbonyl (C=O) groups excluding carboxylic acids is 1. The number of nitrogens with zero attached hydrogens (tertiary/aromatic N) is 4. The number of thioether (sulfide) groups is 1. The van der Waals surface area contributed by atoms with Gasteiger partial charge in [0.15, 0.2) is 0 Å². The molecule has 1 spiro atoms. The van der Waals surface area contributed by atoms with Crippen molar-refractivity contribution < 1.29 is 18.0 Å². The van der Waals surface area contributed by atoms with Crippen molar-refractivity contribution in [3.8, 4) is 11.1 Å². The molecule has 39 heavy (non-hydrogen) atoms. The van der Waals surface area contributed by atoms with Crippen LogP contribution in [0.3, 0.4) is 0 Å². The summed E-state index contributed by atoms with van der Waals surface area (Å²) in [6.45, 7) is 8.39. The third kappa shape index (κ3) is 4.37. The summed E-state index contributed by atoms with van der Waals surface area (Å²) in [7, 11) is 0. The number of alkyl halides is 3. The molecule has 1 aromatic carbocycles. The van der Waals surface area contributed by atoms with Crippen molar-refractivity contribution in [1.29, 1.82) is 0 Å². The number of amides is 1. The molecular weight excluding hydrogens is 569 g/mol. The molecule has 2 atom stereocenters. The number of carbonyl (C=O) groups is 1. The maximum Gasteiger partial charge on any atom is 0.417 e. The number of piperazine rings is 1. The van der Waals surface area contributed by atoms with E-state index in [-0.39, 0.29) is 39.8 Å². The predicted molar refractivity (Wildman–Crippen MR) is 150 cm³/mol. The van der Waals surface area contributed by atoms with Crippen LogP contribution in [-0.2, 0) is 17.5 Å². The van der Waals surface area contributed by atoms with Gasteiger partial charge in [-0.25, -0.2) is 4.79 Å². The summed E-state index contributed by atoms with van der Waals surface area (Å²) in [4.78, 5) is 34.4. The number of rotatable bonds is 3. The highest BCUT2D eigenvalue weighted by Gasteiger charge is 2.47. The Morgan fingerprint density at radius 3 is 2.49 bits per heavy atom. The van der Waals surface area contributed by atoms with Gasteiger partial charge in [0.25, 0.3) is 0 Å². The predicted octanol–water partition coefficient (Wildman–Crippen LogP) is 6.29. The molecule has 0 unspecified atom stereocenters. The lowest BCUT2D eigenvalue weighted by atomic mass is 9.97. The van der Waals surface area contributed by atoms with Crippen LogP contribution in [-0.4, -0.2) is 51.3 Å². The van der Waals surface area contributed by atoms with Crippen LogP contribution >= 0.6 is 34.7 Å². The summed E-state index contributed by atoms with van der Waals surface area (Å²) in [5.41, 5.74) is -0.566. The average molecular weight is 595 g/mol. The highest BCUT2D eigenvalue weighted by Crippen LogP contribution is 2.56. The zero-order chi connectivity index (χ0) is 27.9. The minimum absolute atomic E-state index is 0.0254. The van der Waals surface area contributed by atoms with E-state index in [1.807, 2.05) is 18.7 Å². The van der Waals surface area contributed by atoms with Gasteiger partial charge in [-0.1, -0.05) is 18.2 Å². The third-order valence-electron chi connectivity index (χ3n) is 8.01. The molecule has 2 fully saturated rings. The van der Waals surface area contributed by atoms with Gasteiger partial charge >= 0.3 is 11.9 Å². The van der Waals surface area contributed by atoms with E-state index in [0.29, 0.717) is 46.7 Å². The van der Waals surface area contributed by atoms with E-state index >= 15 is 0 Å². The van der Waals surface area contributed by atoms with Crippen molar-refractivity contribution in [2.75, 3.05) is 23.7 Å². The smallest absolute Gasteiger partial charge is 0.352 e. The van der Waals surface area contributed by atoms with Crippen LogP contribution in [0.4, 0.5) is 19.0 Å².